The van der Waals surface area contributed by atoms with Gasteiger partial charge in [0.25, 0.3) is 11.8 Å². The molecule has 0 unspecified atom stereocenters. The maximum atomic E-state index is 12.6. The topological polar surface area (TPSA) is 58.6 Å². The van der Waals surface area contributed by atoms with Crippen LogP contribution in [0.5, 0.6) is 5.75 Å². The third kappa shape index (κ3) is 5.09. The summed E-state index contributed by atoms with van der Waals surface area (Å²) in [6, 6.07) is 14.2. The molecule has 1 heterocycles. The second-order valence-electron chi connectivity index (χ2n) is 6.76. The Morgan fingerprint density at radius 2 is 1.74 bits per heavy atom. The number of nitrogens with one attached hydrogen (secondary N) is 1. The van der Waals surface area contributed by atoms with Crippen LogP contribution in [-0.2, 0) is 0 Å². The largest absolute Gasteiger partial charge is 0.494 e. The van der Waals surface area contributed by atoms with Crippen molar-refractivity contribution in [2.45, 2.75) is 32.6 Å². The lowest BCUT2D eigenvalue weighted by Gasteiger charge is -2.26. The average Bonchev–Trinajstić information content (AvgIpc) is 2.73. The maximum Gasteiger partial charge on any atom is 0.255 e. The molecule has 2 aromatic rings. The predicted molar refractivity (Wildman–Crippen MR) is 106 cm³/mol. The molecule has 1 saturated heterocycles. The maximum absolute atomic E-state index is 12.6. The Labute approximate surface area is 160 Å². The number of amides is 2. The van der Waals surface area contributed by atoms with Crippen molar-refractivity contribution in [3.63, 3.8) is 0 Å². The first-order valence-corrected chi connectivity index (χ1v) is 9.61. The van der Waals surface area contributed by atoms with Crippen molar-refractivity contribution in [2.75, 3.05) is 25.0 Å². The molecule has 0 radical (unpaired) electrons. The molecule has 0 aliphatic carbocycles. The number of nitrogens with zero attached hydrogens (tertiary/aromatic N) is 1. The van der Waals surface area contributed by atoms with Gasteiger partial charge >= 0.3 is 0 Å². The van der Waals surface area contributed by atoms with E-state index in [4.69, 9.17) is 4.74 Å². The van der Waals surface area contributed by atoms with Crippen molar-refractivity contribution >= 4 is 17.5 Å². The van der Waals surface area contributed by atoms with Gasteiger partial charge in [-0.15, -0.1) is 0 Å². The monoisotopic (exact) mass is 366 g/mol. The first-order valence-electron chi connectivity index (χ1n) is 9.61. The molecule has 0 spiro atoms. The lowest BCUT2D eigenvalue weighted by atomic mass is 10.1. The normalized spacial score (nSPS) is 13.9. The molecule has 142 valence electrons. The number of hydrogen-bond acceptors (Lipinski definition) is 3. The van der Waals surface area contributed by atoms with E-state index in [0.29, 0.717) is 23.4 Å². The second kappa shape index (κ2) is 9.21. The Morgan fingerprint density at radius 3 is 2.44 bits per heavy atom. The fourth-order valence-corrected chi connectivity index (χ4v) is 3.14. The van der Waals surface area contributed by atoms with Gasteiger partial charge in [0.1, 0.15) is 5.75 Å². The number of carbonyl (C=O) groups excluding carboxylic acids is 2. The van der Waals surface area contributed by atoms with Crippen LogP contribution in [0.1, 0.15) is 53.3 Å². The number of piperidine rings is 1. The van der Waals surface area contributed by atoms with E-state index in [0.717, 1.165) is 38.1 Å². The van der Waals surface area contributed by atoms with E-state index >= 15 is 0 Å². The summed E-state index contributed by atoms with van der Waals surface area (Å²) >= 11 is 0. The van der Waals surface area contributed by atoms with Crippen molar-refractivity contribution in [3.05, 3.63) is 59.7 Å². The second-order valence-corrected chi connectivity index (χ2v) is 6.76. The van der Waals surface area contributed by atoms with Crippen LogP contribution in [0.3, 0.4) is 0 Å². The van der Waals surface area contributed by atoms with Gasteiger partial charge in [-0.2, -0.15) is 0 Å². The molecular weight excluding hydrogens is 340 g/mol. The summed E-state index contributed by atoms with van der Waals surface area (Å²) in [5.74, 6) is 0.574. The van der Waals surface area contributed by atoms with Gasteiger partial charge in [0.05, 0.1) is 6.61 Å². The Morgan fingerprint density at radius 1 is 1.00 bits per heavy atom. The summed E-state index contributed by atoms with van der Waals surface area (Å²) < 4.78 is 5.53. The van der Waals surface area contributed by atoms with Gasteiger partial charge in [-0.3, -0.25) is 9.59 Å². The number of carbonyl (C=O) groups is 2. The van der Waals surface area contributed by atoms with Crippen LogP contribution in [0, 0.1) is 0 Å². The zero-order valence-electron chi connectivity index (χ0n) is 15.7. The molecule has 5 heteroatoms. The first-order chi connectivity index (χ1) is 13.2. The highest BCUT2D eigenvalue weighted by molar-refractivity contribution is 6.05. The highest BCUT2D eigenvalue weighted by atomic mass is 16.5. The minimum absolute atomic E-state index is 0.0308. The predicted octanol–water partition coefficient (Wildman–Crippen LogP) is 4.35. The standard InChI is InChI=1S/C22H26N2O3/c1-2-15-27-20-11-9-17(10-12-20)21(25)23-19-8-6-7-18(16-19)22(26)24-13-4-3-5-14-24/h6-12,16H,2-5,13-15H2,1H3,(H,23,25). The minimum Gasteiger partial charge on any atom is -0.494 e. The van der Waals surface area contributed by atoms with E-state index in [1.807, 2.05) is 11.8 Å². The van der Waals surface area contributed by atoms with E-state index in [1.54, 1.807) is 48.5 Å². The quantitative estimate of drug-likeness (QED) is 0.827. The SMILES string of the molecule is CCCOc1ccc(C(=O)Nc2cccc(C(=O)N3CCCCC3)c2)cc1. The minimum atomic E-state index is -0.209. The summed E-state index contributed by atoms with van der Waals surface area (Å²) in [6.45, 7) is 4.32. The molecule has 0 saturated carbocycles. The van der Waals surface area contributed by atoms with Crippen molar-refractivity contribution in [2.24, 2.45) is 0 Å². The van der Waals surface area contributed by atoms with E-state index in [2.05, 4.69) is 5.32 Å². The summed E-state index contributed by atoms with van der Waals surface area (Å²) in [7, 11) is 0. The molecule has 0 bridgehead atoms. The molecule has 0 atom stereocenters. The summed E-state index contributed by atoms with van der Waals surface area (Å²) in [5, 5.41) is 2.87. The van der Waals surface area contributed by atoms with Gasteiger partial charge in [-0.1, -0.05) is 13.0 Å². The molecule has 5 nitrogen and oxygen atoms in total. The first kappa shape index (κ1) is 19.0. The number of rotatable bonds is 6. The van der Waals surface area contributed by atoms with Gasteiger partial charge in [0.15, 0.2) is 0 Å². The Kier molecular flexibility index (Phi) is 6.47. The lowest BCUT2D eigenvalue weighted by molar-refractivity contribution is 0.0724. The lowest BCUT2D eigenvalue weighted by Crippen LogP contribution is -2.35. The van der Waals surface area contributed by atoms with Crippen LogP contribution >= 0.6 is 0 Å². The molecule has 1 aliphatic heterocycles. The van der Waals surface area contributed by atoms with E-state index in [-0.39, 0.29) is 11.8 Å². The molecule has 1 aliphatic rings. The molecule has 27 heavy (non-hydrogen) atoms. The molecule has 2 amide bonds. The van der Waals surface area contributed by atoms with E-state index in [9.17, 15) is 9.59 Å². The van der Waals surface area contributed by atoms with Crippen LogP contribution in [0.2, 0.25) is 0 Å². The van der Waals surface area contributed by atoms with Crippen molar-refractivity contribution in [3.8, 4) is 5.75 Å². The van der Waals surface area contributed by atoms with Gasteiger partial charge < -0.3 is 15.0 Å². The van der Waals surface area contributed by atoms with Gasteiger partial charge in [0.2, 0.25) is 0 Å². The Bertz CT molecular complexity index is 780. The Balaban J connectivity index is 1.64. The number of benzene rings is 2. The number of hydrogen-bond donors (Lipinski definition) is 1. The summed E-state index contributed by atoms with van der Waals surface area (Å²) in [6.07, 6.45) is 4.23. The third-order valence-corrected chi connectivity index (χ3v) is 4.60. The number of likely N-dealkylation sites (tertiary alicyclic amines) is 1. The Hall–Kier alpha value is -2.82. The molecular formula is C22H26N2O3. The molecule has 1 fully saturated rings. The summed E-state index contributed by atoms with van der Waals surface area (Å²) in [5.41, 5.74) is 1.78. The van der Waals surface area contributed by atoms with E-state index in [1.165, 1.54) is 6.42 Å². The van der Waals surface area contributed by atoms with Crippen molar-refractivity contribution in [1.82, 2.24) is 4.90 Å². The molecule has 3 rings (SSSR count). The van der Waals surface area contributed by atoms with Crippen LogP contribution in [0.4, 0.5) is 5.69 Å². The van der Waals surface area contributed by atoms with Gasteiger partial charge in [0, 0.05) is 29.9 Å². The van der Waals surface area contributed by atoms with Gasteiger partial charge in [-0.25, -0.2) is 0 Å². The number of ether oxygens (including phenoxy) is 1. The highest BCUT2D eigenvalue weighted by Gasteiger charge is 2.18. The van der Waals surface area contributed by atoms with Crippen LogP contribution in [0.15, 0.2) is 48.5 Å². The fraction of sp³-hybridized carbons (Fsp3) is 0.364. The third-order valence-electron chi connectivity index (χ3n) is 4.60. The number of anilines is 1. The zero-order valence-corrected chi connectivity index (χ0v) is 15.7. The highest BCUT2D eigenvalue weighted by Crippen LogP contribution is 2.18. The fourth-order valence-electron chi connectivity index (χ4n) is 3.14. The van der Waals surface area contributed by atoms with Crippen LogP contribution < -0.4 is 10.1 Å². The van der Waals surface area contributed by atoms with Crippen LogP contribution in [-0.4, -0.2) is 36.4 Å². The zero-order chi connectivity index (χ0) is 19.1. The van der Waals surface area contributed by atoms with Crippen molar-refractivity contribution < 1.29 is 14.3 Å². The molecule has 1 N–H and O–H groups in total. The average molecular weight is 366 g/mol. The van der Waals surface area contributed by atoms with E-state index < -0.39 is 0 Å². The smallest absolute Gasteiger partial charge is 0.255 e. The summed E-state index contributed by atoms with van der Waals surface area (Å²) in [4.78, 5) is 27.0. The molecule has 0 aromatic heterocycles. The van der Waals surface area contributed by atoms with Crippen LogP contribution in [0.25, 0.3) is 0 Å². The molecule has 2 aromatic carbocycles. The van der Waals surface area contributed by atoms with Crippen molar-refractivity contribution in [1.29, 1.82) is 0 Å². The van der Waals surface area contributed by atoms with Gasteiger partial charge in [-0.05, 0) is 68.1 Å².